The van der Waals surface area contributed by atoms with E-state index in [2.05, 4.69) is 21.0 Å². The average molecular weight is 337 g/mol. The Hall–Kier alpha value is -1.89. The van der Waals surface area contributed by atoms with Crippen LogP contribution in [-0.4, -0.2) is 14.7 Å². The molecule has 2 aromatic rings. The van der Waals surface area contributed by atoms with Crippen LogP contribution in [0.15, 0.2) is 22.7 Å². The number of nitro benzene ring substituents is 1. The summed E-state index contributed by atoms with van der Waals surface area (Å²) in [5, 5.41) is 15.4. The van der Waals surface area contributed by atoms with Crippen LogP contribution in [0.1, 0.15) is 24.1 Å². The molecule has 1 aliphatic rings. The van der Waals surface area contributed by atoms with Gasteiger partial charge in [0, 0.05) is 17.3 Å². The number of hydrogen-bond donors (Lipinski definition) is 1. The second kappa shape index (κ2) is 4.90. The van der Waals surface area contributed by atoms with E-state index in [0.717, 1.165) is 36.9 Å². The molecule has 1 aromatic heterocycles. The van der Waals surface area contributed by atoms with Gasteiger partial charge in [-0.05, 0) is 53.7 Å². The van der Waals surface area contributed by atoms with Crippen molar-refractivity contribution in [3.05, 3.63) is 44.0 Å². The molecule has 3 rings (SSSR count). The third-order valence-corrected chi connectivity index (χ3v) is 4.25. The maximum Gasteiger partial charge on any atom is 0.285 e. The van der Waals surface area contributed by atoms with Crippen LogP contribution in [0.25, 0.3) is 5.69 Å². The van der Waals surface area contributed by atoms with Crippen LogP contribution >= 0.6 is 15.9 Å². The van der Waals surface area contributed by atoms with Gasteiger partial charge in [-0.3, -0.25) is 10.1 Å². The zero-order chi connectivity index (χ0) is 14.3. The van der Waals surface area contributed by atoms with Crippen LogP contribution in [0.4, 0.5) is 11.5 Å². The molecule has 104 valence electrons. The molecule has 7 heteroatoms. The molecule has 0 amide bonds. The fourth-order valence-corrected chi connectivity index (χ4v) is 3.01. The summed E-state index contributed by atoms with van der Waals surface area (Å²) < 4.78 is 2.20. The maximum atomic E-state index is 11.0. The number of benzene rings is 1. The number of nitrogens with two attached hydrogens (primary N) is 1. The summed E-state index contributed by atoms with van der Waals surface area (Å²) in [6, 6.07) is 4.99. The van der Waals surface area contributed by atoms with Crippen molar-refractivity contribution in [3.63, 3.8) is 0 Å². The fraction of sp³-hybridized carbons (Fsp3) is 0.308. The first-order valence-electron chi connectivity index (χ1n) is 6.38. The molecule has 0 saturated carbocycles. The SMILES string of the molecule is Nc1nn(-c2ccc(Br)c([N+](=O)[O-])c2)c2c1CCCC2. The lowest BCUT2D eigenvalue weighted by molar-refractivity contribution is -0.385. The van der Waals surface area contributed by atoms with Crippen LogP contribution in [0.2, 0.25) is 0 Å². The third-order valence-electron chi connectivity index (χ3n) is 3.58. The largest absolute Gasteiger partial charge is 0.382 e. The van der Waals surface area contributed by atoms with Crippen LogP contribution < -0.4 is 5.73 Å². The van der Waals surface area contributed by atoms with E-state index in [9.17, 15) is 10.1 Å². The molecule has 0 fully saturated rings. The minimum absolute atomic E-state index is 0.0288. The number of nitrogen functional groups attached to an aromatic ring is 1. The highest BCUT2D eigenvalue weighted by Crippen LogP contribution is 2.31. The molecule has 6 nitrogen and oxygen atoms in total. The molecule has 20 heavy (non-hydrogen) atoms. The number of hydrogen-bond acceptors (Lipinski definition) is 4. The number of nitrogens with zero attached hydrogens (tertiary/aromatic N) is 3. The summed E-state index contributed by atoms with van der Waals surface area (Å²) >= 11 is 3.19. The molecule has 2 N–H and O–H groups in total. The first kappa shape index (κ1) is 13.1. The molecule has 1 aliphatic carbocycles. The fourth-order valence-electron chi connectivity index (χ4n) is 2.61. The summed E-state index contributed by atoms with van der Waals surface area (Å²) in [5.41, 5.74) is 8.82. The quantitative estimate of drug-likeness (QED) is 0.674. The Morgan fingerprint density at radius 3 is 2.85 bits per heavy atom. The predicted molar refractivity (Wildman–Crippen MR) is 79.0 cm³/mol. The van der Waals surface area contributed by atoms with Crippen molar-refractivity contribution >= 4 is 27.4 Å². The lowest BCUT2D eigenvalue weighted by atomic mass is 9.97. The van der Waals surface area contributed by atoms with E-state index in [0.29, 0.717) is 16.0 Å². The van der Waals surface area contributed by atoms with Crippen molar-refractivity contribution in [2.24, 2.45) is 0 Å². The molecule has 0 unspecified atom stereocenters. The van der Waals surface area contributed by atoms with Crippen molar-refractivity contribution in [2.75, 3.05) is 5.73 Å². The smallest absolute Gasteiger partial charge is 0.285 e. The van der Waals surface area contributed by atoms with Gasteiger partial charge in [-0.2, -0.15) is 5.10 Å². The van der Waals surface area contributed by atoms with E-state index in [1.54, 1.807) is 16.8 Å². The van der Waals surface area contributed by atoms with E-state index in [4.69, 9.17) is 5.73 Å². The summed E-state index contributed by atoms with van der Waals surface area (Å²) in [6.07, 6.45) is 4.04. The lowest BCUT2D eigenvalue weighted by Crippen LogP contribution is -2.08. The Labute approximate surface area is 123 Å². The van der Waals surface area contributed by atoms with Crippen LogP contribution in [-0.2, 0) is 12.8 Å². The molecular formula is C13H13BrN4O2. The van der Waals surface area contributed by atoms with Crippen molar-refractivity contribution in [1.29, 1.82) is 0 Å². The van der Waals surface area contributed by atoms with Gasteiger partial charge in [-0.25, -0.2) is 4.68 Å². The van der Waals surface area contributed by atoms with E-state index in [1.807, 2.05) is 0 Å². The number of fused-ring (bicyclic) bond motifs is 1. The molecule has 0 bridgehead atoms. The van der Waals surface area contributed by atoms with Crippen LogP contribution in [0.3, 0.4) is 0 Å². The van der Waals surface area contributed by atoms with Crippen LogP contribution in [0, 0.1) is 10.1 Å². The zero-order valence-electron chi connectivity index (χ0n) is 10.7. The van der Waals surface area contributed by atoms with E-state index >= 15 is 0 Å². The van der Waals surface area contributed by atoms with Gasteiger partial charge in [0.1, 0.15) is 5.82 Å². The Balaban J connectivity index is 2.14. The average Bonchev–Trinajstić information content (AvgIpc) is 2.77. The van der Waals surface area contributed by atoms with Gasteiger partial charge in [0.15, 0.2) is 0 Å². The Bertz CT molecular complexity index is 696. The number of rotatable bonds is 2. The number of aromatic nitrogens is 2. The minimum atomic E-state index is -0.410. The summed E-state index contributed by atoms with van der Waals surface area (Å²) in [5.74, 6) is 0.533. The molecule has 1 heterocycles. The zero-order valence-corrected chi connectivity index (χ0v) is 12.3. The van der Waals surface area contributed by atoms with Crippen LogP contribution in [0.5, 0.6) is 0 Å². The van der Waals surface area contributed by atoms with Gasteiger partial charge >= 0.3 is 0 Å². The second-order valence-corrected chi connectivity index (χ2v) is 5.68. The summed E-state index contributed by atoms with van der Waals surface area (Å²) in [7, 11) is 0. The lowest BCUT2D eigenvalue weighted by Gasteiger charge is -2.13. The summed E-state index contributed by atoms with van der Waals surface area (Å²) in [4.78, 5) is 10.6. The van der Waals surface area contributed by atoms with E-state index in [1.165, 1.54) is 6.07 Å². The number of anilines is 1. The van der Waals surface area contributed by atoms with Crippen molar-refractivity contribution < 1.29 is 4.92 Å². The van der Waals surface area contributed by atoms with Crippen molar-refractivity contribution in [2.45, 2.75) is 25.7 Å². The van der Waals surface area contributed by atoms with Crippen molar-refractivity contribution in [1.82, 2.24) is 9.78 Å². The molecule has 0 aliphatic heterocycles. The Kier molecular flexibility index (Phi) is 3.21. The van der Waals surface area contributed by atoms with Gasteiger partial charge in [-0.15, -0.1) is 0 Å². The Morgan fingerprint density at radius 1 is 1.35 bits per heavy atom. The van der Waals surface area contributed by atoms with Gasteiger partial charge in [0.05, 0.1) is 15.1 Å². The summed E-state index contributed by atoms with van der Waals surface area (Å²) in [6.45, 7) is 0. The van der Waals surface area contributed by atoms with E-state index < -0.39 is 4.92 Å². The van der Waals surface area contributed by atoms with E-state index in [-0.39, 0.29) is 5.69 Å². The Morgan fingerprint density at radius 2 is 2.10 bits per heavy atom. The van der Waals surface area contributed by atoms with Gasteiger partial charge in [-0.1, -0.05) is 0 Å². The molecule has 0 spiro atoms. The maximum absolute atomic E-state index is 11.0. The number of nitro groups is 1. The predicted octanol–water partition coefficient (Wildman–Crippen LogP) is 3.00. The van der Waals surface area contributed by atoms with Gasteiger partial charge in [0.2, 0.25) is 0 Å². The molecular weight excluding hydrogens is 324 g/mol. The third kappa shape index (κ3) is 2.07. The van der Waals surface area contributed by atoms with Gasteiger partial charge in [0.25, 0.3) is 5.69 Å². The minimum Gasteiger partial charge on any atom is -0.382 e. The standard InChI is InChI=1S/C13H13BrN4O2/c14-10-6-5-8(7-12(10)18(19)20)17-11-4-2-1-3-9(11)13(15)16-17/h5-7H,1-4H2,(H2,15,16). The van der Waals surface area contributed by atoms with Crippen molar-refractivity contribution in [3.8, 4) is 5.69 Å². The molecule has 0 atom stereocenters. The molecule has 1 aromatic carbocycles. The first-order valence-corrected chi connectivity index (χ1v) is 7.18. The normalized spacial score (nSPS) is 14.1. The first-order chi connectivity index (χ1) is 9.58. The monoisotopic (exact) mass is 336 g/mol. The number of halogens is 1. The highest BCUT2D eigenvalue weighted by molar-refractivity contribution is 9.10. The highest BCUT2D eigenvalue weighted by atomic mass is 79.9. The second-order valence-electron chi connectivity index (χ2n) is 4.82. The van der Waals surface area contributed by atoms with Gasteiger partial charge < -0.3 is 5.73 Å². The molecule has 0 radical (unpaired) electrons. The molecule has 0 saturated heterocycles. The topological polar surface area (TPSA) is 87.0 Å². The highest BCUT2D eigenvalue weighted by Gasteiger charge is 2.21.